The van der Waals surface area contributed by atoms with Crippen molar-refractivity contribution in [3.05, 3.63) is 41.5 Å². The molecule has 114 valence electrons. The Morgan fingerprint density at radius 1 is 0.864 bits per heavy atom. The van der Waals surface area contributed by atoms with Crippen LogP contribution in [-0.4, -0.2) is 37.4 Å². The number of phenolic OH excluding ortho intramolecular Hbond substituents is 4. The summed E-state index contributed by atoms with van der Waals surface area (Å²) in [6.07, 6.45) is -2.83. The SMILES string of the molecule is O=C1c2c(O)cc(O)cc2O[C@H](c2cc(O)cc(O)c2)[C@H]1O. The Morgan fingerprint density at radius 2 is 1.45 bits per heavy atom. The number of benzene rings is 2. The van der Waals surface area contributed by atoms with Crippen LogP contribution in [-0.2, 0) is 0 Å². The van der Waals surface area contributed by atoms with E-state index in [1.807, 2.05) is 0 Å². The van der Waals surface area contributed by atoms with Gasteiger partial charge in [0.05, 0.1) is 0 Å². The molecule has 3 rings (SSSR count). The van der Waals surface area contributed by atoms with Crippen molar-refractivity contribution >= 4 is 5.78 Å². The topological polar surface area (TPSA) is 127 Å². The Morgan fingerprint density at radius 3 is 2.09 bits per heavy atom. The maximum Gasteiger partial charge on any atom is 0.202 e. The van der Waals surface area contributed by atoms with Gasteiger partial charge in [-0.1, -0.05) is 0 Å². The number of ether oxygens (including phenoxy) is 1. The predicted molar refractivity (Wildman–Crippen MR) is 73.2 cm³/mol. The van der Waals surface area contributed by atoms with E-state index in [2.05, 4.69) is 0 Å². The maximum atomic E-state index is 12.2. The van der Waals surface area contributed by atoms with Crippen LogP contribution in [0.15, 0.2) is 30.3 Å². The molecule has 0 bridgehead atoms. The van der Waals surface area contributed by atoms with E-state index in [0.717, 1.165) is 18.2 Å². The minimum atomic E-state index is -1.64. The Labute approximate surface area is 124 Å². The number of ketones is 1. The lowest BCUT2D eigenvalue weighted by Gasteiger charge is -2.30. The molecule has 0 amide bonds. The maximum absolute atomic E-state index is 12.2. The lowest BCUT2D eigenvalue weighted by Crippen LogP contribution is -2.36. The highest BCUT2D eigenvalue weighted by Crippen LogP contribution is 2.42. The Balaban J connectivity index is 2.10. The molecule has 2 atom stereocenters. The molecule has 0 radical (unpaired) electrons. The molecule has 0 aromatic heterocycles. The van der Waals surface area contributed by atoms with Crippen LogP contribution in [0.5, 0.6) is 28.7 Å². The first-order valence-electron chi connectivity index (χ1n) is 6.34. The zero-order valence-corrected chi connectivity index (χ0v) is 11.1. The first-order valence-corrected chi connectivity index (χ1v) is 6.34. The average molecular weight is 304 g/mol. The van der Waals surface area contributed by atoms with Crippen molar-refractivity contribution in [2.24, 2.45) is 0 Å². The van der Waals surface area contributed by atoms with Gasteiger partial charge >= 0.3 is 0 Å². The number of aliphatic hydroxyl groups excluding tert-OH is 1. The normalized spacial score (nSPS) is 20.3. The van der Waals surface area contributed by atoms with Crippen LogP contribution in [0, 0.1) is 0 Å². The number of hydrogen-bond donors (Lipinski definition) is 5. The number of aliphatic hydroxyl groups is 1. The molecular weight excluding hydrogens is 292 g/mol. The second-order valence-electron chi connectivity index (χ2n) is 4.97. The molecule has 0 fully saturated rings. The number of Topliss-reactive ketones (excluding diaryl/α,β-unsaturated/α-hetero) is 1. The largest absolute Gasteiger partial charge is 0.508 e. The summed E-state index contributed by atoms with van der Waals surface area (Å²) >= 11 is 0. The van der Waals surface area contributed by atoms with E-state index in [1.165, 1.54) is 12.1 Å². The second-order valence-corrected chi connectivity index (χ2v) is 4.97. The first kappa shape index (κ1) is 14.0. The van der Waals surface area contributed by atoms with Crippen molar-refractivity contribution in [2.45, 2.75) is 12.2 Å². The van der Waals surface area contributed by atoms with Gasteiger partial charge in [0.2, 0.25) is 5.78 Å². The van der Waals surface area contributed by atoms with E-state index >= 15 is 0 Å². The van der Waals surface area contributed by atoms with Crippen molar-refractivity contribution in [2.75, 3.05) is 0 Å². The van der Waals surface area contributed by atoms with Gasteiger partial charge in [-0.15, -0.1) is 0 Å². The summed E-state index contributed by atoms with van der Waals surface area (Å²) in [5.41, 5.74) is -0.0576. The minimum Gasteiger partial charge on any atom is -0.508 e. The zero-order chi connectivity index (χ0) is 16.0. The summed E-state index contributed by atoms with van der Waals surface area (Å²) < 4.78 is 5.46. The van der Waals surface area contributed by atoms with Crippen molar-refractivity contribution in [1.82, 2.24) is 0 Å². The standard InChI is InChI=1S/C15H12O7/c16-7-1-6(2-8(17)3-7)15-14(21)13(20)12-10(19)4-9(18)5-11(12)22-15/h1-5,14-19,21H/t14-,15+/m0/s1. The van der Waals surface area contributed by atoms with Gasteiger partial charge in [-0.3, -0.25) is 4.79 Å². The third-order valence-corrected chi connectivity index (χ3v) is 3.38. The van der Waals surface area contributed by atoms with Crippen molar-refractivity contribution < 1.29 is 35.1 Å². The van der Waals surface area contributed by atoms with Crippen molar-refractivity contribution in [1.29, 1.82) is 0 Å². The zero-order valence-electron chi connectivity index (χ0n) is 11.1. The number of hydrogen-bond acceptors (Lipinski definition) is 7. The van der Waals surface area contributed by atoms with Gasteiger partial charge in [-0.2, -0.15) is 0 Å². The van der Waals surface area contributed by atoms with E-state index in [1.54, 1.807) is 0 Å². The predicted octanol–water partition coefficient (Wildman–Crippen LogP) is 1.19. The molecule has 5 N–H and O–H groups in total. The van der Waals surface area contributed by atoms with Crippen LogP contribution in [0.2, 0.25) is 0 Å². The molecule has 0 unspecified atom stereocenters. The van der Waals surface area contributed by atoms with Gasteiger partial charge in [-0.25, -0.2) is 0 Å². The second kappa shape index (κ2) is 4.81. The fourth-order valence-electron chi connectivity index (χ4n) is 2.45. The summed E-state index contributed by atoms with van der Waals surface area (Å²) in [6, 6.07) is 5.65. The average Bonchev–Trinajstić information content (AvgIpc) is 2.40. The van der Waals surface area contributed by atoms with Crippen LogP contribution in [0.3, 0.4) is 0 Å². The number of phenols is 4. The fourth-order valence-corrected chi connectivity index (χ4v) is 2.45. The minimum absolute atomic E-state index is 0.0966. The summed E-state index contributed by atoms with van der Waals surface area (Å²) in [5, 5.41) is 48.3. The number of carbonyl (C=O) groups is 1. The third kappa shape index (κ3) is 2.17. The molecule has 0 aliphatic carbocycles. The van der Waals surface area contributed by atoms with Gasteiger partial charge in [0.25, 0.3) is 0 Å². The summed E-state index contributed by atoms with van der Waals surface area (Å²) in [5.74, 6) is -2.22. The summed E-state index contributed by atoms with van der Waals surface area (Å²) in [7, 11) is 0. The molecule has 0 spiro atoms. The van der Waals surface area contributed by atoms with Gasteiger partial charge in [0, 0.05) is 23.8 Å². The van der Waals surface area contributed by atoms with Crippen LogP contribution in [0.4, 0.5) is 0 Å². The molecule has 1 aliphatic heterocycles. The van der Waals surface area contributed by atoms with Gasteiger partial charge in [0.1, 0.15) is 34.3 Å². The first-order chi connectivity index (χ1) is 10.4. The molecule has 1 heterocycles. The van der Waals surface area contributed by atoms with Gasteiger partial charge in [-0.05, 0) is 12.1 Å². The number of rotatable bonds is 1. The molecule has 0 saturated heterocycles. The Hall–Kier alpha value is -2.93. The monoisotopic (exact) mass is 304 g/mol. The van der Waals surface area contributed by atoms with Gasteiger partial charge in [0.15, 0.2) is 12.2 Å². The van der Waals surface area contributed by atoms with Crippen LogP contribution in [0.25, 0.3) is 0 Å². The highest BCUT2D eigenvalue weighted by atomic mass is 16.5. The number of carbonyl (C=O) groups excluding carboxylic acids is 1. The number of aromatic hydroxyl groups is 4. The molecule has 2 aromatic carbocycles. The smallest absolute Gasteiger partial charge is 0.202 e. The van der Waals surface area contributed by atoms with E-state index in [4.69, 9.17) is 4.74 Å². The molecule has 1 aliphatic rings. The summed E-state index contributed by atoms with van der Waals surface area (Å²) in [6.45, 7) is 0. The molecular formula is C15H12O7. The quantitative estimate of drug-likeness (QED) is 0.535. The highest BCUT2D eigenvalue weighted by molar-refractivity contribution is 6.05. The fraction of sp³-hybridized carbons (Fsp3) is 0.133. The highest BCUT2D eigenvalue weighted by Gasteiger charge is 2.39. The molecule has 0 saturated carbocycles. The molecule has 7 heteroatoms. The van der Waals surface area contributed by atoms with E-state index in [-0.39, 0.29) is 34.1 Å². The van der Waals surface area contributed by atoms with E-state index in [0.29, 0.717) is 0 Å². The van der Waals surface area contributed by atoms with Crippen LogP contribution >= 0.6 is 0 Å². The third-order valence-electron chi connectivity index (χ3n) is 3.38. The number of fused-ring (bicyclic) bond motifs is 1. The van der Waals surface area contributed by atoms with Crippen LogP contribution < -0.4 is 4.74 Å². The van der Waals surface area contributed by atoms with Crippen LogP contribution in [0.1, 0.15) is 22.0 Å². The lowest BCUT2D eigenvalue weighted by atomic mass is 9.92. The van der Waals surface area contributed by atoms with E-state index in [9.17, 15) is 30.3 Å². The summed E-state index contributed by atoms with van der Waals surface area (Å²) in [4.78, 5) is 12.2. The molecule has 2 aromatic rings. The van der Waals surface area contributed by atoms with Crippen molar-refractivity contribution in [3.8, 4) is 28.7 Å². The van der Waals surface area contributed by atoms with E-state index < -0.39 is 23.7 Å². The molecule has 22 heavy (non-hydrogen) atoms. The molecule has 7 nitrogen and oxygen atoms in total. The van der Waals surface area contributed by atoms with Gasteiger partial charge < -0.3 is 30.3 Å². The Bertz CT molecular complexity index is 748. The lowest BCUT2D eigenvalue weighted by molar-refractivity contribution is 0.0209. The Kier molecular flexibility index (Phi) is 3.07. The van der Waals surface area contributed by atoms with Crippen molar-refractivity contribution in [3.63, 3.8) is 0 Å².